The third-order valence-electron chi connectivity index (χ3n) is 3.14. The summed E-state index contributed by atoms with van der Waals surface area (Å²) in [5.41, 5.74) is 0.931. The summed E-state index contributed by atoms with van der Waals surface area (Å²) in [6.45, 7) is 2.84. The number of benzene rings is 1. The van der Waals surface area contributed by atoms with Gasteiger partial charge in [0, 0.05) is 29.6 Å². The van der Waals surface area contributed by atoms with Crippen molar-refractivity contribution in [3.05, 3.63) is 33.8 Å². The predicted molar refractivity (Wildman–Crippen MR) is 83.3 cm³/mol. The molecule has 1 unspecified atom stereocenters. The molecule has 1 rings (SSSR count). The number of halogens is 2. The van der Waals surface area contributed by atoms with Crippen LogP contribution in [0.4, 0.5) is 0 Å². The first-order chi connectivity index (χ1) is 9.52. The summed E-state index contributed by atoms with van der Waals surface area (Å²) in [5, 5.41) is 13.0. The topological polar surface area (TPSA) is 49.3 Å². The van der Waals surface area contributed by atoms with E-state index in [2.05, 4.69) is 5.32 Å². The molecule has 0 fully saturated rings. The summed E-state index contributed by atoms with van der Waals surface area (Å²) in [6, 6.07) is 5.31. The second kappa shape index (κ2) is 9.22. The standard InChI is InChI=1S/C15H21Cl2NO2/c1-11(10-19)3-2-8-18-15(20)7-5-12-4-6-13(16)9-14(12)17/h4,6,9,11,19H,2-3,5,7-8,10H2,1H3,(H,18,20). The molecule has 1 aromatic carbocycles. The van der Waals surface area contributed by atoms with E-state index in [1.807, 2.05) is 13.0 Å². The summed E-state index contributed by atoms with van der Waals surface area (Å²) in [5.74, 6) is 0.312. The van der Waals surface area contributed by atoms with Gasteiger partial charge in [-0.25, -0.2) is 0 Å². The molecule has 0 spiro atoms. The van der Waals surface area contributed by atoms with E-state index < -0.39 is 0 Å². The largest absolute Gasteiger partial charge is 0.396 e. The lowest BCUT2D eigenvalue weighted by Gasteiger charge is -2.09. The Morgan fingerprint density at radius 1 is 1.40 bits per heavy atom. The van der Waals surface area contributed by atoms with E-state index in [9.17, 15) is 4.79 Å². The van der Waals surface area contributed by atoms with Gasteiger partial charge in [0.1, 0.15) is 0 Å². The Morgan fingerprint density at radius 2 is 2.15 bits per heavy atom. The summed E-state index contributed by atoms with van der Waals surface area (Å²) in [4.78, 5) is 11.7. The number of nitrogens with one attached hydrogen (secondary N) is 1. The van der Waals surface area contributed by atoms with Crippen molar-refractivity contribution in [2.45, 2.75) is 32.6 Å². The molecule has 0 bridgehead atoms. The van der Waals surface area contributed by atoms with Gasteiger partial charge in [0.25, 0.3) is 0 Å². The lowest BCUT2D eigenvalue weighted by Crippen LogP contribution is -2.25. The van der Waals surface area contributed by atoms with Gasteiger partial charge in [-0.3, -0.25) is 4.79 Å². The fourth-order valence-electron chi connectivity index (χ4n) is 1.83. The van der Waals surface area contributed by atoms with Crippen LogP contribution in [0.3, 0.4) is 0 Å². The number of amides is 1. The maximum absolute atomic E-state index is 11.7. The molecule has 5 heteroatoms. The fourth-order valence-corrected chi connectivity index (χ4v) is 2.33. The average Bonchev–Trinajstić information content (AvgIpc) is 2.42. The van der Waals surface area contributed by atoms with Gasteiger partial charge in [0.05, 0.1) is 0 Å². The van der Waals surface area contributed by atoms with E-state index in [1.54, 1.807) is 12.1 Å². The van der Waals surface area contributed by atoms with Gasteiger partial charge in [-0.2, -0.15) is 0 Å². The van der Waals surface area contributed by atoms with Gasteiger partial charge in [-0.05, 0) is 42.9 Å². The monoisotopic (exact) mass is 317 g/mol. The molecule has 0 aliphatic carbocycles. The number of aryl methyl sites for hydroxylation is 1. The van der Waals surface area contributed by atoms with Crippen LogP contribution in [0.25, 0.3) is 0 Å². The van der Waals surface area contributed by atoms with Gasteiger partial charge in [0.15, 0.2) is 0 Å². The maximum Gasteiger partial charge on any atom is 0.220 e. The van der Waals surface area contributed by atoms with Crippen molar-refractivity contribution in [1.82, 2.24) is 5.32 Å². The maximum atomic E-state index is 11.7. The molecule has 0 heterocycles. The lowest BCUT2D eigenvalue weighted by atomic mass is 10.1. The van der Waals surface area contributed by atoms with Crippen molar-refractivity contribution >= 4 is 29.1 Å². The van der Waals surface area contributed by atoms with E-state index in [0.717, 1.165) is 18.4 Å². The third-order valence-corrected chi connectivity index (χ3v) is 3.73. The first-order valence-corrected chi connectivity index (χ1v) is 7.60. The molecule has 0 saturated carbocycles. The molecular formula is C15H21Cl2NO2. The molecule has 112 valence electrons. The zero-order chi connectivity index (χ0) is 15.0. The Morgan fingerprint density at radius 3 is 2.80 bits per heavy atom. The van der Waals surface area contributed by atoms with E-state index in [0.29, 0.717) is 35.3 Å². The minimum Gasteiger partial charge on any atom is -0.396 e. The number of aliphatic hydroxyl groups excluding tert-OH is 1. The molecule has 0 radical (unpaired) electrons. The van der Waals surface area contributed by atoms with E-state index in [1.165, 1.54) is 0 Å². The van der Waals surface area contributed by atoms with E-state index in [-0.39, 0.29) is 12.5 Å². The van der Waals surface area contributed by atoms with Crippen molar-refractivity contribution in [3.63, 3.8) is 0 Å². The zero-order valence-corrected chi connectivity index (χ0v) is 13.2. The quantitative estimate of drug-likeness (QED) is 0.721. The van der Waals surface area contributed by atoms with Crippen LogP contribution in [0, 0.1) is 5.92 Å². The van der Waals surface area contributed by atoms with Gasteiger partial charge in [-0.1, -0.05) is 36.2 Å². The third kappa shape index (κ3) is 6.60. The van der Waals surface area contributed by atoms with Gasteiger partial charge < -0.3 is 10.4 Å². The Balaban J connectivity index is 2.23. The summed E-state index contributed by atoms with van der Waals surface area (Å²) in [6.07, 6.45) is 2.82. The molecule has 1 amide bonds. The molecule has 0 aromatic heterocycles. The van der Waals surface area contributed by atoms with Crippen LogP contribution in [0.2, 0.25) is 10.0 Å². The van der Waals surface area contributed by atoms with Crippen LogP contribution in [0.15, 0.2) is 18.2 Å². The highest BCUT2D eigenvalue weighted by Crippen LogP contribution is 2.21. The summed E-state index contributed by atoms with van der Waals surface area (Å²) < 4.78 is 0. The highest BCUT2D eigenvalue weighted by atomic mass is 35.5. The lowest BCUT2D eigenvalue weighted by molar-refractivity contribution is -0.121. The fraction of sp³-hybridized carbons (Fsp3) is 0.533. The summed E-state index contributed by atoms with van der Waals surface area (Å²) >= 11 is 11.9. The van der Waals surface area contributed by atoms with Crippen LogP contribution in [-0.4, -0.2) is 24.2 Å². The van der Waals surface area contributed by atoms with Crippen molar-refractivity contribution in [2.24, 2.45) is 5.92 Å². The number of hydrogen-bond donors (Lipinski definition) is 2. The minimum atomic E-state index is 0.0210. The van der Waals surface area contributed by atoms with Crippen LogP contribution in [0.1, 0.15) is 31.7 Å². The van der Waals surface area contributed by atoms with Crippen molar-refractivity contribution in [3.8, 4) is 0 Å². The summed E-state index contributed by atoms with van der Waals surface area (Å²) in [7, 11) is 0. The molecule has 0 saturated heterocycles. The molecule has 20 heavy (non-hydrogen) atoms. The number of rotatable bonds is 8. The Labute approximate surface area is 130 Å². The van der Waals surface area contributed by atoms with Crippen LogP contribution >= 0.6 is 23.2 Å². The van der Waals surface area contributed by atoms with E-state index in [4.69, 9.17) is 28.3 Å². The second-order valence-electron chi connectivity index (χ2n) is 5.02. The van der Waals surface area contributed by atoms with Crippen molar-refractivity contribution < 1.29 is 9.90 Å². The van der Waals surface area contributed by atoms with Gasteiger partial charge >= 0.3 is 0 Å². The first kappa shape index (κ1) is 17.3. The molecule has 3 nitrogen and oxygen atoms in total. The van der Waals surface area contributed by atoms with Crippen LogP contribution in [-0.2, 0) is 11.2 Å². The molecule has 2 N–H and O–H groups in total. The number of aliphatic hydroxyl groups is 1. The number of carbonyl (C=O) groups is 1. The molecular weight excluding hydrogens is 297 g/mol. The Kier molecular flexibility index (Phi) is 7.97. The van der Waals surface area contributed by atoms with Crippen molar-refractivity contribution in [1.29, 1.82) is 0 Å². The molecule has 1 atom stereocenters. The van der Waals surface area contributed by atoms with Crippen molar-refractivity contribution in [2.75, 3.05) is 13.2 Å². The van der Waals surface area contributed by atoms with Gasteiger partial charge in [-0.15, -0.1) is 0 Å². The zero-order valence-electron chi connectivity index (χ0n) is 11.7. The van der Waals surface area contributed by atoms with Crippen LogP contribution in [0.5, 0.6) is 0 Å². The SMILES string of the molecule is CC(CO)CCCNC(=O)CCc1ccc(Cl)cc1Cl. The highest BCUT2D eigenvalue weighted by molar-refractivity contribution is 6.35. The molecule has 0 aliphatic rings. The second-order valence-corrected chi connectivity index (χ2v) is 5.86. The first-order valence-electron chi connectivity index (χ1n) is 6.84. The smallest absolute Gasteiger partial charge is 0.220 e. The van der Waals surface area contributed by atoms with Crippen LogP contribution < -0.4 is 5.32 Å². The highest BCUT2D eigenvalue weighted by Gasteiger charge is 2.06. The Hall–Kier alpha value is -0.770. The normalized spacial score (nSPS) is 12.2. The number of hydrogen-bond acceptors (Lipinski definition) is 2. The molecule has 0 aliphatic heterocycles. The predicted octanol–water partition coefficient (Wildman–Crippen LogP) is 3.45. The van der Waals surface area contributed by atoms with E-state index >= 15 is 0 Å². The minimum absolute atomic E-state index is 0.0210. The van der Waals surface area contributed by atoms with Gasteiger partial charge in [0.2, 0.25) is 5.91 Å². The number of carbonyl (C=O) groups excluding carboxylic acids is 1. The molecule has 1 aromatic rings. The average molecular weight is 318 g/mol. The Bertz CT molecular complexity index is 438.